The van der Waals surface area contributed by atoms with Gasteiger partial charge in [0.25, 0.3) is 0 Å². The SMILES string of the molecule is CC(=O)Nc1ccc(C(=O)C2Cc3ccccc32)cc1. The van der Waals surface area contributed by atoms with Gasteiger partial charge in [-0.1, -0.05) is 24.3 Å². The van der Waals surface area contributed by atoms with Crippen LogP contribution in [0.5, 0.6) is 0 Å². The first kappa shape index (κ1) is 12.6. The van der Waals surface area contributed by atoms with Gasteiger partial charge in [0, 0.05) is 18.2 Å². The maximum atomic E-state index is 12.4. The third-order valence-corrected chi connectivity index (χ3v) is 3.66. The lowest BCUT2D eigenvalue weighted by molar-refractivity contribution is -0.114. The standard InChI is InChI=1S/C17H15NO2/c1-11(19)18-14-8-6-12(7-9-14)17(20)16-10-13-4-2-3-5-15(13)16/h2-9,16H,10H2,1H3,(H,18,19). The Morgan fingerprint density at radius 3 is 2.40 bits per heavy atom. The molecule has 1 aliphatic rings. The second kappa shape index (κ2) is 4.93. The average molecular weight is 265 g/mol. The van der Waals surface area contributed by atoms with E-state index in [-0.39, 0.29) is 17.6 Å². The minimum atomic E-state index is -0.114. The summed E-state index contributed by atoms with van der Waals surface area (Å²) in [6, 6.07) is 15.1. The minimum Gasteiger partial charge on any atom is -0.326 e. The molecule has 100 valence electrons. The Kier molecular flexibility index (Phi) is 3.11. The summed E-state index contributed by atoms with van der Waals surface area (Å²) < 4.78 is 0. The molecule has 3 heteroatoms. The minimum absolute atomic E-state index is 0.0159. The van der Waals surface area contributed by atoms with Gasteiger partial charge in [0.05, 0.1) is 5.92 Å². The highest BCUT2D eigenvalue weighted by molar-refractivity contribution is 6.03. The van der Waals surface area contributed by atoms with Crippen LogP contribution in [-0.4, -0.2) is 11.7 Å². The van der Waals surface area contributed by atoms with Crippen molar-refractivity contribution in [3.05, 3.63) is 65.2 Å². The summed E-state index contributed by atoms with van der Waals surface area (Å²) in [6.07, 6.45) is 0.822. The maximum absolute atomic E-state index is 12.4. The summed E-state index contributed by atoms with van der Waals surface area (Å²) in [6.45, 7) is 1.46. The number of benzene rings is 2. The highest BCUT2D eigenvalue weighted by Crippen LogP contribution is 2.37. The lowest BCUT2D eigenvalue weighted by atomic mass is 9.74. The highest BCUT2D eigenvalue weighted by atomic mass is 16.1. The lowest BCUT2D eigenvalue weighted by Gasteiger charge is -2.28. The smallest absolute Gasteiger partial charge is 0.221 e. The number of anilines is 1. The van der Waals surface area contributed by atoms with Gasteiger partial charge in [-0.25, -0.2) is 0 Å². The number of fused-ring (bicyclic) bond motifs is 1. The molecular formula is C17H15NO2. The predicted octanol–water partition coefficient (Wildman–Crippen LogP) is 3.17. The number of ketones is 1. The number of hydrogen-bond donors (Lipinski definition) is 1. The second-order valence-corrected chi connectivity index (χ2v) is 5.08. The normalized spacial score (nSPS) is 15.9. The quantitative estimate of drug-likeness (QED) is 0.866. The summed E-state index contributed by atoms with van der Waals surface area (Å²) >= 11 is 0. The maximum Gasteiger partial charge on any atom is 0.221 e. The Labute approximate surface area is 117 Å². The van der Waals surface area contributed by atoms with Crippen LogP contribution in [0.1, 0.15) is 34.3 Å². The van der Waals surface area contributed by atoms with E-state index in [1.54, 1.807) is 24.3 Å². The molecule has 3 rings (SSSR count). The topological polar surface area (TPSA) is 46.2 Å². The predicted molar refractivity (Wildman–Crippen MR) is 78.0 cm³/mol. The summed E-state index contributed by atoms with van der Waals surface area (Å²) in [5, 5.41) is 2.69. The molecule has 0 heterocycles. The highest BCUT2D eigenvalue weighted by Gasteiger charge is 2.32. The Morgan fingerprint density at radius 2 is 1.75 bits per heavy atom. The Bertz CT molecular complexity index is 674. The van der Waals surface area contributed by atoms with E-state index in [1.807, 2.05) is 18.2 Å². The van der Waals surface area contributed by atoms with Crippen LogP contribution in [0.15, 0.2) is 48.5 Å². The monoisotopic (exact) mass is 265 g/mol. The number of amides is 1. The molecule has 0 aromatic heterocycles. The first-order valence-corrected chi connectivity index (χ1v) is 6.65. The molecule has 20 heavy (non-hydrogen) atoms. The number of carbonyl (C=O) groups is 2. The van der Waals surface area contributed by atoms with Crippen LogP contribution in [-0.2, 0) is 11.2 Å². The van der Waals surface area contributed by atoms with Crippen molar-refractivity contribution >= 4 is 17.4 Å². The van der Waals surface area contributed by atoms with Gasteiger partial charge >= 0.3 is 0 Å². The lowest BCUT2D eigenvalue weighted by Crippen LogP contribution is -2.25. The van der Waals surface area contributed by atoms with Crippen LogP contribution < -0.4 is 5.32 Å². The fraction of sp³-hybridized carbons (Fsp3) is 0.176. The molecule has 0 radical (unpaired) electrons. The first-order chi connectivity index (χ1) is 9.65. The largest absolute Gasteiger partial charge is 0.326 e. The van der Waals surface area contributed by atoms with Crippen LogP contribution in [0.25, 0.3) is 0 Å². The van der Waals surface area contributed by atoms with E-state index in [1.165, 1.54) is 12.5 Å². The van der Waals surface area contributed by atoms with E-state index in [0.717, 1.165) is 12.0 Å². The summed E-state index contributed by atoms with van der Waals surface area (Å²) in [4.78, 5) is 23.4. The van der Waals surface area contributed by atoms with Gasteiger partial charge in [0.2, 0.25) is 5.91 Å². The van der Waals surface area contributed by atoms with Gasteiger partial charge < -0.3 is 5.32 Å². The van der Waals surface area contributed by atoms with Crippen molar-refractivity contribution in [3.8, 4) is 0 Å². The Hall–Kier alpha value is -2.42. The molecule has 0 aliphatic heterocycles. The van der Waals surface area contributed by atoms with E-state index < -0.39 is 0 Å². The summed E-state index contributed by atoms with van der Waals surface area (Å²) in [5.74, 6) is 0.0212. The van der Waals surface area contributed by atoms with Crippen LogP contribution in [0.3, 0.4) is 0 Å². The summed E-state index contributed by atoms with van der Waals surface area (Å²) in [5.41, 5.74) is 3.81. The van der Waals surface area contributed by atoms with Crippen molar-refractivity contribution in [2.24, 2.45) is 0 Å². The molecule has 3 nitrogen and oxygen atoms in total. The molecule has 0 fully saturated rings. The van der Waals surface area contributed by atoms with Crippen LogP contribution in [0.2, 0.25) is 0 Å². The van der Waals surface area contributed by atoms with E-state index in [2.05, 4.69) is 11.4 Å². The van der Waals surface area contributed by atoms with Gasteiger partial charge in [-0.2, -0.15) is 0 Å². The van der Waals surface area contributed by atoms with Crippen molar-refractivity contribution in [1.29, 1.82) is 0 Å². The third kappa shape index (κ3) is 2.23. The van der Waals surface area contributed by atoms with Gasteiger partial charge in [-0.05, 0) is 41.8 Å². The zero-order chi connectivity index (χ0) is 14.1. The van der Waals surface area contributed by atoms with Crippen molar-refractivity contribution < 1.29 is 9.59 Å². The van der Waals surface area contributed by atoms with Gasteiger partial charge in [0.15, 0.2) is 5.78 Å². The number of hydrogen-bond acceptors (Lipinski definition) is 2. The van der Waals surface area contributed by atoms with Gasteiger partial charge in [0.1, 0.15) is 0 Å². The molecule has 0 saturated heterocycles. The van der Waals surface area contributed by atoms with Crippen molar-refractivity contribution in [1.82, 2.24) is 0 Å². The number of rotatable bonds is 3. The zero-order valence-electron chi connectivity index (χ0n) is 11.2. The van der Waals surface area contributed by atoms with Gasteiger partial charge in [-0.15, -0.1) is 0 Å². The number of nitrogens with one attached hydrogen (secondary N) is 1. The third-order valence-electron chi connectivity index (χ3n) is 3.66. The van der Waals surface area contributed by atoms with Crippen molar-refractivity contribution in [2.75, 3.05) is 5.32 Å². The van der Waals surface area contributed by atoms with Crippen LogP contribution in [0.4, 0.5) is 5.69 Å². The molecule has 1 unspecified atom stereocenters. The van der Waals surface area contributed by atoms with Gasteiger partial charge in [-0.3, -0.25) is 9.59 Å². The van der Waals surface area contributed by atoms with Crippen molar-refractivity contribution in [3.63, 3.8) is 0 Å². The first-order valence-electron chi connectivity index (χ1n) is 6.65. The van der Waals surface area contributed by atoms with E-state index in [0.29, 0.717) is 11.3 Å². The van der Waals surface area contributed by atoms with Crippen LogP contribution in [0, 0.1) is 0 Å². The zero-order valence-corrected chi connectivity index (χ0v) is 11.2. The summed E-state index contributed by atoms with van der Waals surface area (Å²) in [7, 11) is 0. The average Bonchev–Trinajstić information content (AvgIpc) is 2.40. The number of carbonyl (C=O) groups excluding carboxylic acids is 2. The Morgan fingerprint density at radius 1 is 1.05 bits per heavy atom. The molecule has 1 N–H and O–H groups in total. The Balaban J connectivity index is 1.77. The fourth-order valence-electron chi connectivity index (χ4n) is 2.62. The second-order valence-electron chi connectivity index (χ2n) is 5.08. The number of Topliss-reactive ketones (excluding diaryl/α,β-unsaturated/α-hetero) is 1. The van der Waals surface area contributed by atoms with Crippen molar-refractivity contribution in [2.45, 2.75) is 19.3 Å². The molecular weight excluding hydrogens is 250 g/mol. The van der Waals surface area contributed by atoms with E-state index in [9.17, 15) is 9.59 Å². The van der Waals surface area contributed by atoms with E-state index in [4.69, 9.17) is 0 Å². The molecule has 2 aromatic rings. The molecule has 1 amide bonds. The molecule has 2 aromatic carbocycles. The molecule has 0 spiro atoms. The molecule has 0 saturated carbocycles. The molecule has 0 bridgehead atoms. The molecule has 1 aliphatic carbocycles. The fourth-order valence-corrected chi connectivity index (χ4v) is 2.62. The van der Waals surface area contributed by atoms with E-state index >= 15 is 0 Å². The van der Waals surface area contributed by atoms with Crippen LogP contribution >= 0.6 is 0 Å². The molecule has 1 atom stereocenters.